The van der Waals surface area contributed by atoms with Gasteiger partial charge in [-0.2, -0.15) is 0 Å². The average molecular weight is 258 g/mol. The highest BCUT2D eigenvalue weighted by Crippen LogP contribution is 2.21. The van der Waals surface area contributed by atoms with E-state index in [-0.39, 0.29) is 18.2 Å². The number of anilines is 1. The Labute approximate surface area is 104 Å². The Balaban J connectivity index is 2.10. The molecule has 1 aromatic carbocycles. The van der Waals surface area contributed by atoms with Crippen molar-refractivity contribution in [1.82, 2.24) is 4.90 Å². The van der Waals surface area contributed by atoms with Crippen molar-refractivity contribution < 1.29 is 9.13 Å². The van der Waals surface area contributed by atoms with E-state index in [4.69, 9.17) is 16.3 Å². The van der Waals surface area contributed by atoms with Gasteiger partial charge in [-0.3, -0.25) is 0 Å². The maximum atomic E-state index is 12.8. The Kier molecular flexibility index (Phi) is 3.49. The van der Waals surface area contributed by atoms with Crippen molar-refractivity contribution >= 4 is 22.6 Å². The number of rotatable bonds is 3. The van der Waals surface area contributed by atoms with Crippen LogP contribution in [0.25, 0.3) is 0 Å². The smallest absolute Gasteiger partial charge is 0.198 e. The highest BCUT2D eigenvalue weighted by molar-refractivity contribution is 6.64. The van der Waals surface area contributed by atoms with E-state index < -0.39 is 0 Å². The molecule has 0 amide bonds. The summed E-state index contributed by atoms with van der Waals surface area (Å²) in [5.41, 5.74) is 0.766. The Morgan fingerprint density at radius 2 is 2.06 bits per heavy atom. The van der Waals surface area contributed by atoms with Crippen molar-refractivity contribution in [3.05, 3.63) is 30.1 Å². The predicted octanol–water partition coefficient (Wildman–Crippen LogP) is 2.08. The van der Waals surface area contributed by atoms with Gasteiger partial charge >= 0.3 is 0 Å². The normalized spacial score (nSPS) is 23.8. The summed E-state index contributed by atoms with van der Waals surface area (Å²) in [6.07, 6.45) is -0.574. The van der Waals surface area contributed by atoms with Crippen molar-refractivity contribution in [2.45, 2.75) is 12.4 Å². The molecule has 6 heteroatoms. The summed E-state index contributed by atoms with van der Waals surface area (Å²) in [7, 11) is 3.39. The summed E-state index contributed by atoms with van der Waals surface area (Å²) in [5.74, 6) is -0.274. The zero-order chi connectivity index (χ0) is 12.4. The van der Waals surface area contributed by atoms with Gasteiger partial charge < -0.3 is 15.0 Å². The van der Waals surface area contributed by atoms with Gasteiger partial charge in [-0.1, -0.05) is 0 Å². The molecule has 1 aromatic rings. The molecule has 2 rings (SSSR count). The van der Waals surface area contributed by atoms with Crippen LogP contribution < -0.4 is 5.32 Å². The number of nitrogens with one attached hydrogen (secondary N) is 1. The van der Waals surface area contributed by atoms with Crippen LogP contribution in [0.5, 0.6) is 0 Å². The Bertz CT molecular complexity index is 423. The summed E-state index contributed by atoms with van der Waals surface area (Å²) in [5, 5.41) is 3.51. The summed E-state index contributed by atoms with van der Waals surface area (Å²) in [6.45, 7) is 0. The van der Waals surface area contributed by atoms with Crippen LogP contribution in [-0.4, -0.2) is 36.7 Å². The van der Waals surface area contributed by atoms with Gasteiger partial charge in [0, 0.05) is 19.8 Å². The maximum absolute atomic E-state index is 12.8. The number of aliphatic imine (C=N–C) groups is 1. The molecule has 2 unspecified atom stereocenters. The molecule has 0 fully saturated rings. The third kappa shape index (κ3) is 2.50. The van der Waals surface area contributed by atoms with E-state index in [1.54, 1.807) is 31.2 Å². The monoisotopic (exact) mass is 257 g/mol. The minimum Gasteiger partial charge on any atom is -0.360 e. The van der Waals surface area contributed by atoms with Crippen molar-refractivity contribution in [2.24, 2.45) is 4.99 Å². The third-order valence-electron chi connectivity index (χ3n) is 2.59. The molecule has 0 saturated carbocycles. The Hall–Kier alpha value is -1.33. The number of methoxy groups -OCH3 is 1. The molecule has 1 aliphatic heterocycles. The van der Waals surface area contributed by atoms with Crippen LogP contribution in [0.15, 0.2) is 29.3 Å². The van der Waals surface area contributed by atoms with Gasteiger partial charge in [-0.05, 0) is 35.9 Å². The van der Waals surface area contributed by atoms with Gasteiger partial charge in [-0.25, -0.2) is 9.38 Å². The first-order valence-corrected chi connectivity index (χ1v) is 5.50. The number of amidine groups is 1. The largest absolute Gasteiger partial charge is 0.360 e. The lowest BCUT2D eigenvalue weighted by molar-refractivity contribution is 0.0207. The lowest BCUT2D eigenvalue weighted by Crippen LogP contribution is -2.40. The van der Waals surface area contributed by atoms with Gasteiger partial charge in [0.2, 0.25) is 0 Å². The Morgan fingerprint density at radius 3 is 2.65 bits per heavy atom. The van der Waals surface area contributed by atoms with Crippen molar-refractivity contribution in [1.29, 1.82) is 0 Å². The van der Waals surface area contributed by atoms with Crippen LogP contribution in [0, 0.1) is 5.82 Å². The standard InChI is InChI=1S/C11H13ClFN3O/c1-16-10(17-2)9(15-11(16)12)14-8-5-3-7(13)4-6-8/h3-6,9-10,14H,1-2H3. The maximum Gasteiger partial charge on any atom is 0.198 e. The van der Waals surface area contributed by atoms with Crippen LogP contribution in [-0.2, 0) is 4.74 Å². The molecule has 0 radical (unpaired) electrons. The number of hydrogen-bond donors (Lipinski definition) is 1. The van der Waals surface area contributed by atoms with Crippen molar-refractivity contribution in [3.63, 3.8) is 0 Å². The topological polar surface area (TPSA) is 36.9 Å². The molecule has 1 aliphatic rings. The minimum absolute atomic E-state index is 0.271. The zero-order valence-electron chi connectivity index (χ0n) is 9.52. The highest BCUT2D eigenvalue weighted by atomic mass is 35.5. The molecular weight excluding hydrogens is 245 g/mol. The highest BCUT2D eigenvalue weighted by Gasteiger charge is 2.32. The summed E-state index contributed by atoms with van der Waals surface area (Å²) >= 11 is 5.92. The van der Waals surface area contributed by atoms with E-state index in [0.717, 1.165) is 5.69 Å². The van der Waals surface area contributed by atoms with E-state index >= 15 is 0 Å². The van der Waals surface area contributed by atoms with Crippen molar-refractivity contribution in [3.8, 4) is 0 Å². The summed E-state index contributed by atoms with van der Waals surface area (Å²) in [6, 6.07) is 6.05. The molecule has 92 valence electrons. The summed E-state index contributed by atoms with van der Waals surface area (Å²) in [4.78, 5) is 5.94. The number of benzene rings is 1. The second-order valence-electron chi connectivity index (χ2n) is 3.73. The molecule has 0 aromatic heterocycles. The zero-order valence-corrected chi connectivity index (χ0v) is 10.3. The first kappa shape index (κ1) is 12.1. The molecule has 2 atom stereocenters. The van der Waals surface area contributed by atoms with Crippen LogP contribution >= 0.6 is 11.6 Å². The van der Waals surface area contributed by atoms with Crippen LogP contribution in [0.2, 0.25) is 0 Å². The number of nitrogens with zero attached hydrogens (tertiary/aromatic N) is 2. The molecule has 0 bridgehead atoms. The molecule has 4 nitrogen and oxygen atoms in total. The van der Waals surface area contributed by atoms with Gasteiger partial charge in [0.05, 0.1) is 0 Å². The molecule has 1 N–H and O–H groups in total. The second kappa shape index (κ2) is 4.89. The molecular formula is C11H13ClFN3O. The van der Waals surface area contributed by atoms with Gasteiger partial charge in [0.15, 0.2) is 17.7 Å². The fourth-order valence-electron chi connectivity index (χ4n) is 1.69. The Morgan fingerprint density at radius 1 is 1.41 bits per heavy atom. The van der Waals surface area contributed by atoms with Crippen LogP contribution in [0.3, 0.4) is 0 Å². The van der Waals surface area contributed by atoms with Gasteiger partial charge in [0.1, 0.15) is 5.82 Å². The number of hydrogen-bond acceptors (Lipinski definition) is 4. The molecule has 0 spiro atoms. The van der Waals surface area contributed by atoms with Gasteiger partial charge in [0.25, 0.3) is 0 Å². The quantitative estimate of drug-likeness (QED) is 0.843. The van der Waals surface area contributed by atoms with Crippen LogP contribution in [0.1, 0.15) is 0 Å². The first-order valence-electron chi connectivity index (χ1n) is 5.13. The van der Waals surface area contributed by atoms with E-state index in [9.17, 15) is 4.39 Å². The van der Waals surface area contributed by atoms with Crippen molar-refractivity contribution in [2.75, 3.05) is 19.5 Å². The first-order chi connectivity index (χ1) is 8.11. The fourth-order valence-corrected chi connectivity index (χ4v) is 1.90. The average Bonchev–Trinajstić information content (AvgIpc) is 2.58. The SMILES string of the molecule is COC1C(Nc2ccc(F)cc2)N=C(Cl)N1C. The fraction of sp³-hybridized carbons (Fsp3) is 0.364. The lowest BCUT2D eigenvalue weighted by atomic mass is 10.3. The molecule has 1 heterocycles. The minimum atomic E-state index is -0.303. The lowest BCUT2D eigenvalue weighted by Gasteiger charge is -2.24. The van der Waals surface area contributed by atoms with E-state index in [2.05, 4.69) is 10.3 Å². The van der Waals surface area contributed by atoms with E-state index in [0.29, 0.717) is 5.29 Å². The van der Waals surface area contributed by atoms with Crippen LogP contribution in [0.4, 0.5) is 10.1 Å². The summed E-state index contributed by atoms with van der Waals surface area (Å²) < 4.78 is 18.1. The number of halogens is 2. The van der Waals surface area contributed by atoms with E-state index in [1.807, 2.05) is 0 Å². The number of ether oxygens (including phenoxy) is 1. The van der Waals surface area contributed by atoms with E-state index in [1.165, 1.54) is 12.1 Å². The predicted molar refractivity (Wildman–Crippen MR) is 65.7 cm³/mol. The molecule has 0 aliphatic carbocycles. The van der Waals surface area contributed by atoms with Gasteiger partial charge in [-0.15, -0.1) is 0 Å². The number of likely N-dealkylation sites (N-methyl/N-ethyl adjacent to an activating group) is 1. The molecule has 17 heavy (non-hydrogen) atoms. The third-order valence-corrected chi connectivity index (χ3v) is 2.95. The molecule has 0 saturated heterocycles. The second-order valence-corrected chi connectivity index (χ2v) is 4.07.